The molecule has 2 aliphatic rings. The van der Waals surface area contributed by atoms with Gasteiger partial charge in [0.25, 0.3) is 0 Å². The maximum atomic E-state index is 11.4. The number of carbonyl (C=O) groups is 1. The lowest BCUT2D eigenvalue weighted by Gasteiger charge is -2.41. The van der Waals surface area contributed by atoms with Gasteiger partial charge >= 0.3 is 5.97 Å². The lowest BCUT2D eigenvalue weighted by molar-refractivity contribution is -0.154. The first-order valence-corrected chi connectivity index (χ1v) is 5.70. The van der Waals surface area contributed by atoms with Crippen molar-refractivity contribution in [2.75, 3.05) is 0 Å². The SMILES string of the molecule is CC1(C)CCC(C(=O)O)(C2CC2)CC1. The zero-order chi connectivity index (χ0) is 10.4. The van der Waals surface area contributed by atoms with Crippen LogP contribution in [0.15, 0.2) is 0 Å². The van der Waals surface area contributed by atoms with Crippen molar-refractivity contribution in [1.29, 1.82) is 0 Å². The summed E-state index contributed by atoms with van der Waals surface area (Å²) in [6, 6.07) is 0. The van der Waals surface area contributed by atoms with E-state index in [4.69, 9.17) is 0 Å². The van der Waals surface area contributed by atoms with Gasteiger partial charge in [-0.25, -0.2) is 0 Å². The molecule has 0 aromatic heterocycles. The largest absolute Gasteiger partial charge is 0.481 e. The highest BCUT2D eigenvalue weighted by Gasteiger charge is 2.53. The van der Waals surface area contributed by atoms with Crippen LogP contribution in [0.2, 0.25) is 0 Å². The number of hydrogen-bond donors (Lipinski definition) is 1. The van der Waals surface area contributed by atoms with Crippen LogP contribution < -0.4 is 0 Å². The van der Waals surface area contributed by atoms with Crippen LogP contribution in [-0.4, -0.2) is 11.1 Å². The quantitative estimate of drug-likeness (QED) is 0.737. The molecule has 2 rings (SSSR count). The summed E-state index contributed by atoms with van der Waals surface area (Å²) < 4.78 is 0. The standard InChI is InChI=1S/C12H20O2/c1-11(2)5-7-12(8-6-11,10(13)14)9-3-4-9/h9H,3-8H2,1-2H3,(H,13,14). The van der Waals surface area contributed by atoms with Crippen LogP contribution in [0.4, 0.5) is 0 Å². The summed E-state index contributed by atoms with van der Waals surface area (Å²) in [5.74, 6) is -0.0356. The molecule has 0 bridgehead atoms. The summed E-state index contributed by atoms with van der Waals surface area (Å²) >= 11 is 0. The van der Waals surface area contributed by atoms with Gasteiger partial charge in [0.2, 0.25) is 0 Å². The lowest BCUT2D eigenvalue weighted by atomic mass is 9.63. The third-order valence-corrected chi connectivity index (χ3v) is 4.28. The van der Waals surface area contributed by atoms with Crippen molar-refractivity contribution in [1.82, 2.24) is 0 Å². The van der Waals surface area contributed by atoms with Crippen LogP contribution in [0.5, 0.6) is 0 Å². The minimum Gasteiger partial charge on any atom is -0.481 e. The Balaban J connectivity index is 2.11. The fraction of sp³-hybridized carbons (Fsp3) is 0.917. The monoisotopic (exact) mass is 196 g/mol. The van der Waals surface area contributed by atoms with Crippen molar-refractivity contribution in [3.8, 4) is 0 Å². The summed E-state index contributed by atoms with van der Waals surface area (Å²) in [7, 11) is 0. The maximum Gasteiger partial charge on any atom is 0.309 e. The van der Waals surface area contributed by atoms with Gasteiger partial charge in [-0.15, -0.1) is 0 Å². The van der Waals surface area contributed by atoms with Gasteiger partial charge < -0.3 is 5.11 Å². The van der Waals surface area contributed by atoms with Crippen LogP contribution in [-0.2, 0) is 4.79 Å². The van der Waals surface area contributed by atoms with E-state index in [1.165, 1.54) is 0 Å². The van der Waals surface area contributed by atoms with E-state index in [2.05, 4.69) is 13.8 Å². The lowest BCUT2D eigenvalue weighted by Crippen LogP contribution is -2.39. The Morgan fingerprint density at radius 3 is 2.00 bits per heavy atom. The van der Waals surface area contributed by atoms with Crippen molar-refractivity contribution >= 4 is 5.97 Å². The zero-order valence-electron chi connectivity index (χ0n) is 9.18. The number of hydrogen-bond acceptors (Lipinski definition) is 1. The van der Waals surface area contributed by atoms with Crippen molar-refractivity contribution in [2.24, 2.45) is 16.7 Å². The second kappa shape index (κ2) is 2.98. The molecule has 2 fully saturated rings. The van der Waals surface area contributed by atoms with E-state index >= 15 is 0 Å². The van der Waals surface area contributed by atoms with Gasteiger partial charge in [0.05, 0.1) is 5.41 Å². The molecular weight excluding hydrogens is 176 g/mol. The second-order valence-electron chi connectivity index (χ2n) is 5.90. The average Bonchev–Trinajstić information content (AvgIpc) is 2.87. The van der Waals surface area contributed by atoms with Crippen LogP contribution in [0.3, 0.4) is 0 Å². The molecule has 0 unspecified atom stereocenters. The first-order valence-electron chi connectivity index (χ1n) is 5.70. The third-order valence-electron chi connectivity index (χ3n) is 4.28. The van der Waals surface area contributed by atoms with Crippen molar-refractivity contribution in [3.05, 3.63) is 0 Å². The number of rotatable bonds is 2. The van der Waals surface area contributed by atoms with E-state index < -0.39 is 5.97 Å². The van der Waals surface area contributed by atoms with Gasteiger partial charge in [-0.3, -0.25) is 4.79 Å². The third kappa shape index (κ3) is 1.55. The molecular formula is C12H20O2. The van der Waals surface area contributed by atoms with Crippen molar-refractivity contribution in [2.45, 2.75) is 52.4 Å². The van der Waals surface area contributed by atoms with E-state index in [9.17, 15) is 9.90 Å². The molecule has 0 spiro atoms. The molecule has 14 heavy (non-hydrogen) atoms. The van der Waals surface area contributed by atoms with E-state index in [-0.39, 0.29) is 5.41 Å². The topological polar surface area (TPSA) is 37.3 Å². The van der Waals surface area contributed by atoms with E-state index in [1.807, 2.05) is 0 Å². The number of aliphatic carboxylic acids is 1. The minimum absolute atomic E-state index is 0.338. The highest BCUT2D eigenvalue weighted by molar-refractivity contribution is 5.75. The Bertz CT molecular complexity index is 241. The Morgan fingerprint density at radius 2 is 1.64 bits per heavy atom. The first-order chi connectivity index (χ1) is 6.46. The van der Waals surface area contributed by atoms with E-state index in [0.29, 0.717) is 11.3 Å². The van der Waals surface area contributed by atoms with Gasteiger partial charge in [-0.2, -0.15) is 0 Å². The molecule has 1 N–H and O–H groups in total. The molecule has 0 saturated heterocycles. The summed E-state index contributed by atoms with van der Waals surface area (Å²) in [4.78, 5) is 11.4. The fourth-order valence-electron chi connectivity index (χ4n) is 2.81. The normalized spacial score (nSPS) is 29.9. The minimum atomic E-state index is -0.532. The predicted molar refractivity (Wildman–Crippen MR) is 55.0 cm³/mol. The van der Waals surface area contributed by atoms with Gasteiger partial charge in [0.1, 0.15) is 0 Å². The van der Waals surface area contributed by atoms with Gasteiger partial charge in [0, 0.05) is 0 Å². The van der Waals surface area contributed by atoms with Gasteiger partial charge in [-0.1, -0.05) is 13.8 Å². The summed E-state index contributed by atoms with van der Waals surface area (Å²) in [5.41, 5.74) is 0.0311. The second-order valence-corrected chi connectivity index (χ2v) is 5.90. The molecule has 0 radical (unpaired) electrons. The Morgan fingerprint density at radius 1 is 1.14 bits per heavy atom. The van der Waals surface area contributed by atoms with Gasteiger partial charge in [0.15, 0.2) is 0 Å². The average molecular weight is 196 g/mol. The Kier molecular flexibility index (Phi) is 2.13. The molecule has 0 heterocycles. The summed E-state index contributed by atoms with van der Waals surface area (Å²) in [6.07, 6.45) is 6.26. The Labute approximate surface area is 85.7 Å². The number of carboxylic acid groups (broad SMARTS) is 1. The fourth-order valence-corrected chi connectivity index (χ4v) is 2.81. The smallest absolute Gasteiger partial charge is 0.309 e. The highest BCUT2D eigenvalue weighted by atomic mass is 16.4. The van der Waals surface area contributed by atoms with Crippen molar-refractivity contribution in [3.63, 3.8) is 0 Å². The van der Waals surface area contributed by atoms with Gasteiger partial charge in [-0.05, 0) is 49.9 Å². The van der Waals surface area contributed by atoms with Crippen LogP contribution in [0.25, 0.3) is 0 Å². The highest BCUT2D eigenvalue weighted by Crippen LogP contribution is 2.56. The molecule has 0 amide bonds. The molecule has 0 aromatic rings. The number of carboxylic acids is 1. The summed E-state index contributed by atoms with van der Waals surface area (Å²) in [6.45, 7) is 4.51. The molecule has 2 aliphatic carbocycles. The molecule has 2 nitrogen and oxygen atoms in total. The van der Waals surface area contributed by atoms with Crippen LogP contribution >= 0.6 is 0 Å². The molecule has 2 saturated carbocycles. The molecule has 80 valence electrons. The Hall–Kier alpha value is -0.530. The predicted octanol–water partition coefficient (Wildman–Crippen LogP) is 3.07. The van der Waals surface area contributed by atoms with E-state index in [1.54, 1.807) is 0 Å². The molecule has 0 aromatic carbocycles. The molecule has 2 heteroatoms. The van der Waals surface area contributed by atoms with Crippen LogP contribution in [0, 0.1) is 16.7 Å². The molecule has 0 aliphatic heterocycles. The maximum absolute atomic E-state index is 11.4. The van der Waals surface area contributed by atoms with Crippen LogP contribution in [0.1, 0.15) is 52.4 Å². The zero-order valence-corrected chi connectivity index (χ0v) is 9.18. The van der Waals surface area contributed by atoms with E-state index in [0.717, 1.165) is 38.5 Å². The first kappa shape index (κ1) is 10.0. The molecule has 0 atom stereocenters. The summed E-state index contributed by atoms with van der Waals surface area (Å²) in [5, 5.41) is 9.37. The van der Waals surface area contributed by atoms with Crippen molar-refractivity contribution < 1.29 is 9.90 Å².